The number of nitriles is 1. The number of hydrogen-bond acceptors (Lipinski definition) is 2. The average molecular weight is 291 g/mol. The third-order valence-corrected chi connectivity index (χ3v) is 3.68. The van der Waals surface area contributed by atoms with Gasteiger partial charge in [-0.2, -0.15) is 5.26 Å². The van der Waals surface area contributed by atoms with Gasteiger partial charge in [0.2, 0.25) is 0 Å². The zero-order chi connectivity index (χ0) is 12.5. The summed E-state index contributed by atoms with van der Waals surface area (Å²) in [6.07, 6.45) is 2.54. The molecule has 0 amide bonds. The Morgan fingerprint density at radius 1 is 1.24 bits per heavy atom. The molecule has 2 nitrogen and oxygen atoms in total. The highest BCUT2D eigenvalue weighted by Gasteiger charge is 2.43. The molecule has 0 unspecified atom stereocenters. The predicted octanol–water partition coefficient (Wildman–Crippen LogP) is 4.72. The molecular weight excluding hydrogens is 280 g/mol. The van der Waals surface area contributed by atoms with Crippen LogP contribution < -0.4 is 4.74 Å². The normalized spacial score (nSPS) is 16.4. The molecule has 1 aliphatic carbocycles. The SMILES string of the molecule is N#CCC1(COc2c(Cl)cc(Cl)cc2Cl)CC1. The molecule has 0 aliphatic heterocycles. The summed E-state index contributed by atoms with van der Waals surface area (Å²) in [5.74, 6) is 0.446. The highest BCUT2D eigenvalue weighted by molar-refractivity contribution is 6.40. The van der Waals surface area contributed by atoms with E-state index in [0.717, 1.165) is 12.8 Å². The fourth-order valence-electron chi connectivity index (χ4n) is 1.61. The summed E-state index contributed by atoms with van der Waals surface area (Å²) in [5.41, 5.74) is 0.00104. The Morgan fingerprint density at radius 2 is 1.82 bits per heavy atom. The number of rotatable bonds is 4. The first-order chi connectivity index (χ1) is 8.06. The molecule has 0 aromatic heterocycles. The van der Waals surface area contributed by atoms with Gasteiger partial charge in [-0.25, -0.2) is 0 Å². The van der Waals surface area contributed by atoms with Crippen LogP contribution in [0.3, 0.4) is 0 Å². The molecule has 17 heavy (non-hydrogen) atoms. The van der Waals surface area contributed by atoms with Crippen molar-refractivity contribution in [2.45, 2.75) is 19.3 Å². The molecule has 0 N–H and O–H groups in total. The Labute approximate surface area is 115 Å². The van der Waals surface area contributed by atoms with Gasteiger partial charge in [-0.15, -0.1) is 0 Å². The smallest absolute Gasteiger partial charge is 0.156 e. The first-order valence-corrected chi connectivity index (χ1v) is 6.34. The second-order valence-electron chi connectivity index (χ2n) is 4.32. The fourth-order valence-corrected chi connectivity index (χ4v) is 2.53. The van der Waals surface area contributed by atoms with Gasteiger partial charge in [0.15, 0.2) is 5.75 Å². The summed E-state index contributed by atoms with van der Waals surface area (Å²) in [7, 11) is 0. The lowest BCUT2D eigenvalue weighted by atomic mass is 10.1. The number of ether oxygens (including phenoxy) is 1. The molecule has 1 aromatic rings. The van der Waals surface area contributed by atoms with Crippen LogP contribution in [-0.4, -0.2) is 6.61 Å². The summed E-state index contributed by atoms with van der Waals surface area (Å²) in [5, 5.41) is 9.98. The van der Waals surface area contributed by atoms with Gasteiger partial charge in [-0.3, -0.25) is 0 Å². The van der Waals surface area contributed by atoms with E-state index < -0.39 is 0 Å². The minimum Gasteiger partial charge on any atom is -0.490 e. The van der Waals surface area contributed by atoms with Crippen LogP contribution >= 0.6 is 34.8 Å². The molecule has 0 atom stereocenters. The lowest BCUT2D eigenvalue weighted by Gasteiger charge is -2.15. The van der Waals surface area contributed by atoms with Crippen molar-refractivity contribution in [3.63, 3.8) is 0 Å². The largest absolute Gasteiger partial charge is 0.490 e. The Balaban J connectivity index is 2.07. The van der Waals surface area contributed by atoms with Crippen LogP contribution in [0.25, 0.3) is 0 Å². The van der Waals surface area contributed by atoms with Crippen molar-refractivity contribution in [2.24, 2.45) is 5.41 Å². The van der Waals surface area contributed by atoms with E-state index in [1.807, 2.05) is 0 Å². The molecule has 1 saturated carbocycles. The van der Waals surface area contributed by atoms with Crippen molar-refractivity contribution >= 4 is 34.8 Å². The van der Waals surface area contributed by atoms with E-state index in [-0.39, 0.29) is 5.41 Å². The number of hydrogen-bond donors (Lipinski definition) is 0. The summed E-state index contributed by atoms with van der Waals surface area (Å²) in [4.78, 5) is 0. The lowest BCUT2D eigenvalue weighted by molar-refractivity contribution is 0.237. The maximum Gasteiger partial charge on any atom is 0.156 e. The minimum atomic E-state index is 0.00104. The Morgan fingerprint density at radius 3 is 2.29 bits per heavy atom. The van der Waals surface area contributed by atoms with Crippen LogP contribution in [0.4, 0.5) is 0 Å². The number of nitrogens with zero attached hydrogens (tertiary/aromatic N) is 1. The molecule has 0 spiro atoms. The van der Waals surface area contributed by atoms with Crippen molar-refractivity contribution in [3.8, 4) is 11.8 Å². The van der Waals surface area contributed by atoms with E-state index in [1.54, 1.807) is 12.1 Å². The van der Waals surface area contributed by atoms with Crippen molar-refractivity contribution in [1.82, 2.24) is 0 Å². The fraction of sp³-hybridized carbons (Fsp3) is 0.417. The quantitative estimate of drug-likeness (QED) is 0.804. The molecule has 90 valence electrons. The molecule has 1 fully saturated rings. The summed E-state index contributed by atoms with van der Waals surface area (Å²) >= 11 is 17.8. The van der Waals surface area contributed by atoms with Gasteiger partial charge < -0.3 is 4.74 Å². The maximum absolute atomic E-state index is 8.71. The van der Waals surface area contributed by atoms with Gasteiger partial charge in [0.25, 0.3) is 0 Å². The third-order valence-electron chi connectivity index (χ3n) is 2.90. The van der Waals surface area contributed by atoms with Crippen LogP contribution in [-0.2, 0) is 0 Å². The van der Waals surface area contributed by atoms with Crippen molar-refractivity contribution in [1.29, 1.82) is 5.26 Å². The van der Waals surface area contributed by atoms with Gasteiger partial charge in [0, 0.05) is 16.9 Å². The van der Waals surface area contributed by atoms with Crippen molar-refractivity contribution in [3.05, 3.63) is 27.2 Å². The molecule has 2 rings (SSSR count). The van der Waals surface area contributed by atoms with Gasteiger partial charge in [-0.1, -0.05) is 34.8 Å². The van der Waals surface area contributed by atoms with E-state index in [1.165, 1.54) is 0 Å². The Bertz CT molecular complexity index is 454. The zero-order valence-electron chi connectivity index (χ0n) is 8.97. The van der Waals surface area contributed by atoms with Crippen LogP contribution in [0, 0.1) is 16.7 Å². The van der Waals surface area contributed by atoms with Crippen molar-refractivity contribution < 1.29 is 4.74 Å². The molecule has 1 aromatic carbocycles. The van der Waals surface area contributed by atoms with Crippen LogP contribution in [0.2, 0.25) is 15.1 Å². The number of halogens is 3. The maximum atomic E-state index is 8.71. The molecule has 0 radical (unpaired) electrons. The molecule has 1 aliphatic rings. The average Bonchev–Trinajstić information content (AvgIpc) is 2.97. The van der Waals surface area contributed by atoms with E-state index in [0.29, 0.717) is 33.8 Å². The zero-order valence-corrected chi connectivity index (χ0v) is 11.2. The van der Waals surface area contributed by atoms with Crippen LogP contribution in [0.1, 0.15) is 19.3 Å². The van der Waals surface area contributed by atoms with E-state index in [2.05, 4.69) is 6.07 Å². The topological polar surface area (TPSA) is 33.0 Å². The van der Waals surface area contributed by atoms with Crippen molar-refractivity contribution in [2.75, 3.05) is 6.61 Å². The Kier molecular flexibility index (Phi) is 3.73. The van der Waals surface area contributed by atoms with Gasteiger partial charge in [0.05, 0.1) is 22.7 Å². The molecule has 0 heterocycles. The summed E-state index contributed by atoms with van der Waals surface area (Å²) in [6.45, 7) is 0.474. The highest BCUT2D eigenvalue weighted by atomic mass is 35.5. The van der Waals surface area contributed by atoms with Crippen LogP contribution in [0.5, 0.6) is 5.75 Å². The first-order valence-electron chi connectivity index (χ1n) is 5.21. The van der Waals surface area contributed by atoms with Crippen LogP contribution in [0.15, 0.2) is 12.1 Å². The molecular formula is C12H10Cl3NO. The predicted molar refractivity (Wildman–Crippen MR) is 68.9 cm³/mol. The van der Waals surface area contributed by atoms with Gasteiger partial charge in [-0.05, 0) is 25.0 Å². The molecule has 0 bridgehead atoms. The standard InChI is InChI=1S/C12H10Cl3NO/c13-8-5-9(14)11(10(15)6-8)17-7-12(1-2-12)3-4-16/h5-6H,1-3,7H2. The third kappa shape index (κ3) is 2.98. The second kappa shape index (κ2) is 4.94. The minimum absolute atomic E-state index is 0.00104. The monoisotopic (exact) mass is 289 g/mol. The Hall–Kier alpha value is -0.620. The molecule has 0 saturated heterocycles. The molecule has 5 heteroatoms. The van der Waals surface area contributed by atoms with E-state index in [4.69, 9.17) is 44.8 Å². The van der Waals surface area contributed by atoms with E-state index in [9.17, 15) is 0 Å². The first kappa shape index (κ1) is 12.8. The highest BCUT2D eigenvalue weighted by Crippen LogP contribution is 2.49. The summed E-state index contributed by atoms with van der Waals surface area (Å²) in [6, 6.07) is 5.36. The van der Waals surface area contributed by atoms with Gasteiger partial charge >= 0.3 is 0 Å². The second-order valence-corrected chi connectivity index (χ2v) is 5.57. The van der Waals surface area contributed by atoms with Gasteiger partial charge in [0.1, 0.15) is 0 Å². The lowest BCUT2D eigenvalue weighted by Crippen LogP contribution is -2.12. The number of benzene rings is 1. The summed E-state index contributed by atoms with van der Waals surface area (Å²) < 4.78 is 5.63. The van der Waals surface area contributed by atoms with E-state index >= 15 is 0 Å².